The van der Waals surface area contributed by atoms with Gasteiger partial charge in [-0.2, -0.15) is 0 Å². The largest absolute Gasteiger partial charge is 0.497 e. The molecule has 0 aromatic heterocycles. The first-order valence-electron chi connectivity index (χ1n) is 12.1. The van der Waals surface area contributed by atoms with Gasteiger partial charge >= 0.3 is 0 Å². The molecule has 11 heteroatoms. The second-order valence-electron chi connectivity index (χ2n) is 8.74. The molecule has 0 bridgehead atoms. The van der Waals surface area contributed by atoms with E-state index >= 15 is 0 Å². The Hall–Kier alpha value is -4.12. The van der Waals surface area contributed by atoms with Gasteiger partial charge < -0.3 is 19.7 Å². The molecule has 0 radical (unpaired) electrons. The first-order chi connectivity index (χ1) is 18.6. The molecule has 39 heavy (non-hydrogen) atoms. The van der Waals surface area contributed by atoms with Gasteiger partial charge in [0.05, 0.1) is 26.2 Å². The lowest BCUT2D eigenvalue weighted by atomic mass is 10.0. The minimum absolute atomic E-state index is 0.111. The number of hydrogen-bond acceptors (Lipinski definition) is 6. The zero-order valence-corrected chi connectivity index (χ0v) is 23.1. The van der Waals surface area contributed by atoms with E-state index in [1.165, 1.54) is 56.5 Å². The fourth-order valence-corrected chi connectivity index (χ4v) is 4.97. The summed E-state index contributed by atoms with van der Waals surface area (Å²) in [6.45, 7) is -0.911. The number of methoxy groups -OCH3 is 2. The van der Waals surface area contributed by atoms with E-state index in [-0.39, 0.29) is 30.0 Å². The molecule has 2 amide bonds. The van der Waals surface area contributed by atoms with E-state index in [1.54, 1.807) is 24.3 Å². The summed E-state index contributed by atoms with van der Waals surface area (Å²) in [5.41, 5.74) is 1.06. The molecule has 0 aliphatic heterocycles. The van der Waals surface area contributed by atoms with Gasteiger partial charge in [-0.1, -0.05) is 48.5 Å². The molecule has 3 aromatic rings. The van der Waals surface area contributed by atoms with E-state index in [0.717, 1.165) is 16.1 Å². The standard InChI is InChI=1S/C28H32FN3O6S/c1-30-28(34)25(16-20-10-6-5-7-11-20)31(18-21-12-8-9-13-23(21)29)27(33)19-32(39(4,35)36)24-15-14-22(37-2)17-26(24)38-3/h5-15,17,25H,16,18-19H2,1-4H3,(H,30,34)/t25-/m0/s1. The molecule has 0 saturated heterocycles. The monoisotopic (exact) mass is 557 g/mol. The van der Waals surface area contributed by atoms with Gasteiger partial charge in [0.15, 0.2) is 0 Å². The van der Waals surface area contributed by atoms with E-state index in [4.69, 9.17) is 9.47 Å². The highest BCUT2D eigenvalue weighted by Gasteiger charge is 2.33. The maximum absolute atomic E-state index is 14.7. The number of amides is 2. The van der Waals surface area contributed by atoms with Gasteiger partial charge in [0.1, 0.15) is 29.9 Å². The number of rotatable bonds is 12. The van der Waals surface area contributed by atoms with Crippen molar-refractivity contribution in [3.8, 4) is 11.5 Å². The van der Waals surface area contributed by atoms with Crippen LogP contribution in [-0.4, -0.2) is 65.2 Å². The van der Waals surface area contributed by atoms with Crippen molar-refractivity contribution >= 4 is 27.5 Å². The lowest BCUT2D eigenvalue weighted by Crippen LogP contribution is -2.53. The maximum Gasteiger partial charge on any atom is 0.244 e. The average Bonchev–Trinajstić information content (AvgIpc) is 2.93. The Morgan fingerprint density at radius 1 is 0.974 bits per heavy atom. The SMILES string of the molecule is CNC(=O)[C@H](Cc1ccccc1)N(Cc1ccccc1F)C(=O)CN(c1ccc(OC)cc1OC)S(C)(=O)=O. The number of halogens is 1. The first kappa shape index (κ1) is 29.4. The molecule has 208 valence electrons. The third kappa shape index (κ3) is 7.47. The zero-order valence-electron chi connectivity index (χ0n) is 22.3. The van der Waals surface area contributed by atoms with Crippen LogP contribution in [0.15, 0.2) is 72.8 Å². The molecule has 0 aliphatic carbocycles. The third-order valence-electron chi connectivity index (χ3n) is 6.15. The molecule has 0 saturated carbocycles. The van der Waals surface area contributed by atoms with Gasteiger partial charge in [0.2, 0.25) is 21.8 Å². The van der Waals surface area contributed by atoms with E-state index in [9.17, 15) is 22.4 Å². The Morgan fingerprint density at radius 3 is 2.23 bits per heavy atom. The number of hydrogen-bond donors (Lipinski definition) is 1. The molecule has 0 heterocycles. The zero-order chi connectivity index (χ0) is 28.6. The van der Waals surface area contributed by atoms with Crippen molar-refractivity contribution in [2.24, 2.45) is 0 Å². The van der Waals surface area contributed by atoms with Crippen LogP contribution in [0, 0.1) is 5.82 Å². The van der Waals surface area contributed by atoms with Crippen molar-refractivity contribution in [3.63, 3.8) is 0 Å². The van der Waals surface area contributed by atoms with Crippen LogP contribution in [0.25, 0.3) is 0 Å². The minimum Gasteiger partial charge on any atom is -0.497 e. The number of ether oxygens (including phenoxy) is 2. The van der Waals surface area contributed by atoms with Crippen molar-refractivity contribution < 1.29 is 31.9 Å². The number of anilines is 1. The first-order valence-corrected chi connectivity index (χ1v) is 13.9. The molecule has 1 N–H and O–H groups in total. The van der Waals surface area contributed by atoms with E-state index in [2.05, 4.69) is 5.32 Å². The summed E-state index contributed by atoms with van der Waals surface area (Å²) in [4.78, 5) is 28.2. The van der Waals surface area contributed by atoms with E-state index < -0.39 is 40.2 Å². The summed E-state index contributed by atoms with van der Waals surface area (Å²) in [6, 6.07) is 18.4. The lowest BCUT2D eigenvalue weighted by molar-refractivity contribution is -0.139. The van der Waals surface area contributed by atoms with Gasteiger partial charge in [0.25, 0.3) is 0 Å². The van der Waals surface area contributed by atoms with Gasteiger partial charge in [-0.3, -0.25) is 13.9 Å². The Morgan fingerprint density at radius 2 is 1.64 bits per heavy atom. The van der Waals surface area contributed by atoms with Crippen LogP contribution >= 0.6 is 0 Å². The number of carbonyl (C=O) groups is 2. The van der Waals surface area contributed by atoms with Gasteiger partial charge in [-0.05, 0) is 23.8 Å². The average molecular weight is 558 g/mol. The van der Waals surface area contributed by atoms with Crippen LogP contribution in [0.4, 0.5) is 10.1 Å². The highest BCUT2D eigenvalue weighted by Crippen LogP contribution is 2.33. The van der Waals surface area contributed by atoms with Crippen molar-refractivity contribution in [2.75, 3.05) is 38.4 Å². The summed E-state index contributed by atoms with van der Waals surface area (Å²) in [6.07, 6.45) is 1.09. The van der Waals surface area contributed by atoms with Crippen molar-refractivity contribution in [1.82, 2.24) is 10.2 Å². The highest BCUT2D eigenvalue weighted by atomic mass is 32.2. The third-order valence-corrected chi connectivity index (χ3v) is 7.28. The van der Waals surface area contributed by atoms with Crippen LogP contribution in [-0.2, 0) is 32.6 Å². The lowest BCUT2D eigenvalue weighted by Gasteiger charge is -2.33. The summed E-state index contributed by atoms with van der Waals surface area (Å²) in [5, 5.41) is 2.57. The molecule has 9 nitrogen and oxygen atoms in total. The van der Waals surface area contributed by atoms with Crippen LogP contribution < -0.4 is 19.1 Å². The Bertz CT molecular complexity index is 1400. The highest BCUT2D eigenvalue weighted by molar-refractivity contribution is 7.92. The van der Waals surface area contributed by atoms with Crippen molar-refractivity contribution in [1.29, 1.82) is 0 Å². The van der Waals surface area contributed by atoms with Crippen molar-refractivity contribution in [3.05, 3.63) is 89.7 Å². The molecule has 3 rings (SSSR count). The molecule has 1 atom stereocenters. The van der Waals surface area contributed by atoms with E-state index in [0.29, 0.717) is 5.75 Å². The normalized spacial score (nSPS) is 11.8. The predicted molar refractivity (Wildman–Crippen MR) is 147 cm³/mol. The van der Waals surface area contributed by atoms with Crippen LogP contribution in [0.3, 0.4) is 0 Å². The number of benzene rings is 3. The number of nitrogens with zero attached hydrogens (tertiary/aromatic N) is 2. The second-order valence-corrected chi connectivity index (χ2v) is 10.6. The van der Waals surface area contributed by atoms with Gasteiger partial charge in [0, 0.05) is 31.6 Å². The summed E-state index contributed by atoms with van der Waals surface area (Å²) in [7, 11) is 0.266. The Kier molecular flexibility index (Phi) is 9.89. The fourth-order valence-electron chi connectivity index (χ4n) is 4.12. The number of sulfonamides is 1. The summed E-state index contributed by atoms with van der Waals surface area (Å²) in [5.74, 6) is -1.13. The fraction of sp³-hybridized carbons (Fsp3) is 0.286. The molecule has 0 fully saturated rings. The maximum atomic E-state index is 14.7. The van der Waals surface area contributed by atoms with Gasteiger partial charge in [-0.15, -0.1) is 0 Å². The number of carbonyl (C=O) groups excluding carboxylic acids is 2. The molecule has 0 spiro atoms. The van der Waals surface area contributed by atoms with Crippen molar-refractivity contribution in [2.45, 2.75) is 19.0 Å². The molecule has 0 aliphatic rings. The molecular formula is C28H32FN3O6S. The van der Waals surface area contributed by atoms with Crippen LogP contribution in [0.1, 0.15) is 11.1 Å². The smallest absolute Gasteiger partial charge is 0.244 e. The second kappa shape index (κ2) is 13.1. The van der Waals surface area contributed by atoms with E-state index in [1.807, 2.05) is 18.2 Å². The minimum atomic E-state index is -4.00. The molecular weight excluding hydrogens is 525 g/mol. The quantitative estimate of drug-likeness (QED) is 0.367. The van der Waals surface area contributed by atoms with Crippen LogP contribution in [0.5, 0.6) is 11.5 Å². The topological polar surface area (TPSA) is 105 Å². The Balaban J connectivity index is 2.07. The molecule has 0 unspecified atom stereocenters. The predicted octanol–water partition coefficient (Wildman–Crippen LogP) is 3.00. The number of likely N-dealkylation sites (N-methyl/N-ethyl adjacent to an activating group) is 1. The van der Waals surface area contributed by atoms with Crippen LogP contribution in [0.2, 0.25) is 0 Å². The number of nitrogens with one attached hydrogen (secondary N) is 1. The summed E-state index contributed by atoms with van der Waals surface area (Å²) < 4.78 is 52.0. The van der Waals surface area contributed by atoms with Gasteiger partial charge in [-0.25, -0.2) is 12.8 Å². The Labute approximate surface area is 228 Å². The molecule has 3 aromatic carbocycles. The summed E-state index contributed by atoms with van der Waals surface area (Å²) >= 11 is 0.